The van der Waals surface area contributed by atoms with Crippen molar-refractivity contribution in [3.8, 4) is 0 Å². The molecule has 0 aliphatic heterocycles. The van der Waals surface area contributed by atoms with E-state index in [9.17, 15) is 24.7 Å². The highest BCUT2D eigenvalue weighted by Gasteiger charge is 2.24. The Morgan fingerprint density at radius 1 is 0.750 bits per heavy atom. The molecule has 0 aromatic heterocycles. The smallest absolute Gasteiger partial charge is 0.258 e. The molecule has 2 aromatic rings. The second kappa shape index (κ2) is 7.42. The molecule has 24 heavy (non-hydrogen) atoms. The van der Waals surface area contributed by atoms with Crippen LogP contribution >= 0.6 is 63.7 Å². The standard InChI is InChI=1S/C12H4Br4FN3O4/c13-7-1-5(2-8(14)11(7)19(21)22)18(17)6-3-9(15)12(20(23)24)10(16)4-6/h1-4H. The fourth-order valence-corrected chi connectivity index (χ4v) is 4.73. The van der Waals surface area contributed by atoms with Gasteiger partial charge in [0.15, 0.2) is 0 Å². The molecule has 0 aliphatic rings. The van der Waals surface area contributed by atoms with E-state index in [1.54, 1.807) is 0 Å². The predicted molar refractivity (Wildman–Crippen MR) is 100 cm³/mol. The molecular formula is C12H4Br4FN3O4. The second-order valence-electron chi connectivity index (χ2n) is 4.31. The zero-order valence-corrected chi connectivity index (χ0v) is 17.5. The Morgan fingerprint density at radius 3 is 1.21 bits per heavy atom. The number of halogens is 5. The normalized spacial score (nSPS) is 10.5. The summed E-state index contributed by atoms with van der Waals surface area (Å²) in [7, 11) is 0. The Balaban J connectivity index is 2.52. The molecule has 0 saturated carbocycles. The number of nitro groups is 2. The molecule has 2 aromatic carbocycles. The summed E-state index contributed by atoms with van der Waals surface area (Å²) in [6.07, 6.45) is 0. The summed E-state index contributed by atoms with van der Waals surface area (Å²) in [4.78, 5) is 20.7. The van der Waals surface area contributed by atoms with Crippen LogP contribution in [0.15, 0.2) is 42.2 Å². The molecule has 0 saturated heterocycles. The van der Waals surface area contributed by atoms with Crippen molar-refractivity contribution >= 4 is 86.5 Å². The van der Waals surface area contributed by atoms with Crippen LogP contribution in [0.2, 0.25) is 0 Å². The van der Waals surface area contributed by atoms with E-state index in [0.29, 0.717) is 0 Å². The van der Waals surface area contributed by atoms with E-state index in [0.717, 1.165) is 0 Å². The van der Waals surface area contributed by atoms with Crippen molar-refractivity contribution in [3.63, 3.8) is 0 Å². The third kappa shape index (κ3) is 3.76. The quantitative estimate of drug-likeness (QED) is 0.227. The largest absolute Gasteiger partial charge is 0.297 e. The molecule has 0 unspecified atom stereocenters. The second-order valence-corrected chi connectivity index (χ2v) is 7.73. The van der Waals surface area contributed by atoms with Crippen LogP contribution in [-0.2, 0) is 0 Å². The van der Waals surface area contributed by atoms with Crippen molar-refractivity contribution in [2.45, 2.75) is 0 Å². The number of nitrogens with zero attached hydrogens (tertiary/aromatic N) is 3. The molecule has 0 heterocycles. The van der Waals surface area contributed by atoms with Crippen LogP contribution in [0, 0.1) is 20.2 Å². The van der Waals surface area contributed by atoms with Crippen molar-refractivity contribution in [1.82, 2.24) is 0 Å². The van der Waals surface area contributed by atoms with Gasteiger partial charge in [0.1, 0.15) is 0 Å². The zero-order valence-electron chi connectivity index (χ0n) is 11.2. The average Bonchev–Trinajstić information content (AvgIpc) is 2.43. The number of rotatable bonds is 4. The van der Waals surface area contributed by atoms with Crippen LogP contribution in [0.1, 0.15) is 0 Å². The zero-order chi connectivity index (χ0) is 18.2. The lowest BCUT2D eigenvalue weighted by molar-refractivity contribution is -0.386. The highest BCUT2D eigenvalue weighted by Crippen LogP contribution is 2.42. The fraction of sp³-hybridized carbons (Fsp3) is 0. The topological polar surface area (TPSA) is 89.5 Å². The van der Waals surface area contributed by atoms with Crippen molar-refractivity contribution in [2.75, 3.05) is 5.12 Å². The van der Waals surface area contributed by atoms with Crippen molar-refractivity contribution in [3.05, 3.63) is 62.4 Å². The summed E-state index contributed by atoms with van der Waals surface area (Å²) in [5.41, 5.74) is -0.490. The first-order valence-electron chi connectivity index (χ1n) is 5.86. The summed E-state index contributed by atoms with van der Waals surface area (Å²) < 4.78 is 15.0. The summed E-state index contributed by atoms with van der Waals surface area (Å²) in [5, 5.41) is 22.1. The van der Waals surface area contributed by atoms with Gasteiger partial charge in [0.25, 0.3) is 11.4 Å². The van der Waals surface area contributed by atoms with Crippen LogP contribution in [0.25, 0.3) is 0 Å². The summed E-state index contributed by atoms with van der Waals surface area (Å²) >= 11 is 12.1. The summed E-state index contributed by atoms with van der Waals surface area (Å²) in [6, 6.07) is 4.91. The average molecular weight is 593 g/mol. The molecule has 0 fully saturated rings. The van der Waals surface area contributed by atoms with E-state index in [2.05, 4.69) is 63.7 Å². The SMILES string of the molecule is O=[N+]([O-])c1c(Br)cc(N(F)c2cc(Br)c([N+](=O)[O-])c(Br)c2)cc1Br. The van der Waals surface area contributed by atoms with Gasteiger partial charge in [-0.3, -0.25) is 20.2 Å². The molecule has 0 amide bonds. The minimum atomic E-state index is -0.612. The molecule has 0 aliphatic carbocycles. The first kappa shape index (κ1) is 19.2. The molecule has 0 N–H and O–H groups in total. The number of hydrogen-bond donors (Lipinski definition) is 0. The Morgan fingerprint density at radius 2 is 1.00 bits per heavy atom. The van der Waals surface area contributed by atoms with Crippen LogP contribution in [0.3, 0.4) is 0 Å². The monoisotopic (exact) mass is 589 g/mol. The summed E-state index contributed by atoms with van der Waals surface area (Å²) in [5.74, 6) is 0. The lowest BCUT2D eigenvalue weighted by Gasteiger charge is -2.16. The molecule has 2 rings (SSSR count). The van der Waals surface area contributed by atoms with Gasteiger partial charge in [-0.25, -0.2) is 0 Å². The van der Waals surface area contributed by atoms with Gasteiger partial charge < -0.3 is 0 Å². The molecule has 0 radical (unpaired) electrons. The van der Waals surface area contributed by atoms with E-state index in [1.165, 1.54) is 24.3 Å². The lowest BCUT2D eigenvalue weighted by atomic mass is 10.2. The number of nitro benzene ring substituents is 2. The molecule has 126 valence electrons. The van der Waals surface area contributed by atoms with Crippen LogP contribution in [0.4, 0.5) is 27.2 Å². The predicted octanol–water partition coefficient (Wildman–Crippen LogP) is 6.58. The van der Waals surface area contributed by atoms with Gasteiger partial charge in [-0.15, -0.1) is 0 Å². The molecule has 0 atom stereocenters. The Labute approximate surface area is 167 Å². The fourth-order valence-electron chi connectivity index (χ4n) is 1.83. The number of anilines is 2. The van der Waals surface area contributed by atoms with Gasteiger partial charge in [0.05, 0.1) is 39.1 Å². The maximum atomic E-state index is 14.7. The van der Waals surface area contributed by atoms with E-state index >= 15 is 0 Å². The van der Waals surface area contributed by atoms with Crippen molar-refractivity contribution in [2.24, 2.45) is 0 Å². The Hall–Kier alpha value is -1.11. The third-order valence-electron chi connectivity index (χ3n) is 2.82. The van der Waals surface area contributed by atoms with Gasteiger partial charge in [-0.2, -0.15) is 5.12 Å². The lowest BCUT2D eigenvalue weighted by Crippen LogP contribution is -2.05. The van der Waals surface area contributed by atoms with E-state index < -0.39 is 9.85 Å². The highest BCUT2D eigenvalue weighted by molar-refractivity contribution is 9.11. The van der Waals surface area contributed by atoms with Gasteiger partial charge in [0, 0.05) is 0 Å². The number of hydrogen-bond acceptors (Lipinski definition) is 5. The molecular weight excluding hydrogens is 589 g/mol. The Kier molecular flexibility index (Phi) is 5.94. The minimum Gasteiger partial charge on any atom is -0.258 e. The van der Waals surface area contributed by atoms with E-state index in [-0.39, 0.29) is 45.8 Å². The van der Waals surface area contributed by atoms with Gasteiger partial charge in [-0.05, 0) is 88.0 Å². The molecule has 7 nitrogen and oxygen atoms in total. The summed E-state index contributed by atoms with van der Waals surface area (Å²) in [6.45, 7) is 0. The van der Waals surface area contributed by atoms with Gasteiger partial charge in [0.2, 0.25) is 0 Å². The van der Waals surface area contributed by atoms with Crippen molar-refractivity contribution in [1.29, 1.82) is 0 Å². The van der Waals surface area contributed by atoms with Crippen LogP contribution in [-0.4, -0.2) is 9.85 Å². The molecule has 12 heteroatoms. The van der Waals surface area contributed by atoms with E-state index in [4.69, 9.17) is 0 Å². The number of benzene rings is 2. The van der Waals surface area contributed by atoms with Crippen molar-refractivity contribution < 1.29 is 14.3 Å². The van der Waals surface area contributed by atoms with E-state index in [1.807, 2.05) is 0 Å². The molecule has 0 spiro atoms. The maximum Gasteiger partial charge on any atom is 0.297 e. The molecule has 0 bridgehead atoms. The van der Waals surface area contributed by atoms with Gasteiger partial charge >= 0.3 is 0 Å². The Bertz CT molecular complexity index is 749. The van der Waals surface area contributed by atoms with Crippen LogP contribution < -0.4 is 5.12 Å². The first-order chi connectivity index (χ1) is 11.1. The third-order valence-corrected chi connectivity index (χ3v) is 5.24. The highest BCUT2D eigenvalue weighted by atomic mass is 79.9. The first-order valence-corrected chi connectivity index (χ1v) is 9.03. The van der Waals surface area contributed by atoms with Gasteiger partial charge in [-0.1, -0.05) is 4.48 Å². The minimum absolute atomic E-state index is 0.00740. The maximum absolute atomic E-state index is 14.7. The van der Waals surface area contributed by atoms with Crippen LogP contribution in [0.5, 0.6) is 0 Å².